The molecule has 1 N–H and O–H groups in total. The first kappa shape index (κ1) is 21.0. The average molecular weight is 409 g/mol. The number of methoxy groups -OCH3 is 1. The number of rotatable bonds is 4. The molecule has 0 saturated heterocycles. The highest BCUT2D eigenvalue weighted by atomic mass is 16.6. The number of nitrogens with zero attached hydrogens (tertiary/aromatic N) is 4. The normalized spacial score (nSPS) is 15.2. The largest absolute Gasteiger partial charge is 0.481 e. The molecular formula is C21H23N5O4. The zero-order chi connectivity index (χ0) is 21.9. The number of hydrogen-bond acceptors (Lipinski definition) is 7. The van der Waals surface area contributed by atoms with E-state index in [1.165, 1.54) is 12.0 Å². The second kappa shape index (κ2) is 8.37. The molecule has 0 aromatic carbocycles. The Morgan fingerprint density at radius 1 is 1.27 bits per heavy atom. The number of nitriles is 1. The average Bonchev–Trinajstić information content (AvgIpc) is 3.06. The van der Waals surface area contributed by atoms with Crippen LogP contribution >= 0.6 is 0 Å². The molecule has 1 unspecified atom stereocenters. The first-order chi connectivity index (χ1) is 14.2. The molecule has 2 aromatic heterocycles. The molecule has 0 fully saturated rings. The Balaban J connectivity index is 1.90. The van der Waals surface area contributed by atoms with Gasteiger partial charge in [-0.25, -0.2) is 14.7 Å². The molecule has 9 heteroatoms. The van der Waals surface area contributed by atoms with Crippen molar-refractivity contribution in [3.05, 3.63) is 41.6 Å². The van der Waals surface area contributed by atoms with Gasteiger partial charge in [-0.15, -0.1) is 0 Å². The Labute approximate surface area is 174 Å². The van der Waals surface area contributed by atoms with Crippen molar-refractivity contribution in [1.29, 1.82) is 5.26 Å². The topological polar surface area (TPSA) is 117 Å². The molecule has 30 heavy (non-hydrogen) atoms. The van der Waals surface area contributed by atoms with Crippen LogP contribution in [0.4, 0.5) is 16.4 Å². The van der Waals surface area contributed by atoms with Gasteiger partial charge in [0.25, 0.3) is 0 Å². The number of hydrogen-bond donors (Lipinski definition) is 1. The molecule has 1 atom stereocenters. The SMILES string of the molecule is COc1ccc2c(n1)N(C(=O)OC(C)(C)C)C(C(=O)Nc1cccc(CC#N)n1)C2. The van der Waals surface area contributed by atoms with Crippen LogP contribution < -0.4 is 15.0 Å². The monoisotopic (exact) mass is 409 g/mol. The quantitative estimate of drug-likeness (QED) is 0.825. The molecule has 9 nitrogen and oxygen atoms in total. The van der Waals surface area contributed by atoms with E-state index in [4.69, 9.17) is 14.7 Å². The smallest absolute Gasteiger partial charge is 0.416 e. The molecule has 0 aliphatic carbocycles. The van der Waals surface area contributed by atoms with E-state index in [-0.39, 0.29) is 12.8 Å². The minimum Gasteiger partial charge on any atom is -0.481 e. The fraction of sp³-hybridized carbons (Fsp3) is 0.381. The third kappa shape index (κ3) is 4.66. The summed E-state index contributed by atoms with van der Waals surface area (Å²) in [6.45, 7) is 5.25. The highest BCUT2D eigenvalue weighted by Gasteiger charge is 2.42. The number of fused-ring (bicyclic) bond motifs is 1. The van der Waals surface area contributed by atoms with Crippen molar-refractivity contribution in [1.82, 2.24) is 9.97 Å². The molecule has 1 aliphatic rings. The summed E-state index contributed by atoms with van der Waals surface area (Å²) in [6, 6.07) is 9.64. The van der Waals surface area contributed by atoms with Crippen LogP contribution in [0.1, 0.15) is 32.0 Å². The Hall–Kier alpha value is -3.67. The number of ether oxygens (including phenoxy) is 2. The minimum absolute atomic E-state index is 0.131. The summed E-state index contributed by atoms with van der Waals surface area (Å²) in [7, 11) is 1.48. The Morgan fingerprint density at radius 2 is 2.03 bits per heavy atom. The Bertz CT molecular complexity index is 1010. The predicted molar refractivity (Wildman–Crippen MR) is 109 cm³/mol. The van der Waals surface area contributed by atoms with Gasteiger partial charge in [-0.05, 0) is 44.5 Å². The molecule has 2 aromatic rings. The maximum atomic E-state index is 13.1. The number of carbonyl (C=O) groups is 2. The van der Waals surface area contributed by atoms with E-state index in [2.05, 4.69) is 15.3 Å². The van der Waals surface area contributed by atoms with Crippen molar-refractivity contribution < 1.29 is 19.1 Å². The molecular weight excluding hydrogens is 386 g/mol. The van der Waals surface area contributed by atoms with Gasteiger partial charge in [-0.2, -0.15) is 10.2 Å². The molecule has 3 rings (SSSR count). The second-order valence-electron chi connectivity index (χ2n) is 7.74. The van der Waals surface area contributed by atoms with E-state index in [9.17, 15) is 9.59 Å². The summed E-state index contributed by atoms with van der Waals surface area (Å²) in [5.41, 5.74) is 0.529. The lowest BCUT2D eigenvalue weighted by Crippen LogP contribution is -2.47. The lowest BCUT2D eigenvalue weighted by Gasteiger charge is -2.28. The van der Waals surface area contributed by atoms with Gasteiger partial charge in [-0.1, -0.05) is 6.07 Å². The minimum atomic E-state index is -0.865. The van der Waals surface area contributed by atoms with Crippen LogP contribution in [0.2, 0.25) is 0 Å². The fourth-order valence-corrected chi connectivity index (χ4v) is 3.06. The first-order valence-electron chi connectivity index (χ1n) is 9.41. The van der Waals surface area contributed by atoms with Crippen molar-refractivity contribution in [3.8, 4) is 11.9 Å². The van der Waals surface area contributed by atoms with E-state index in [0.29, 0.717) is 23.2 Å². The molecule has 0 radical (unpaired) electrons. The number of nitrogens with one attached hydrogen (secondary N) is 1. The zero-order valence-corrected chi connectivity index (χ0v) is 17.3. The molecule has 156 valence electrons. The molecule has 3 heterocycles. The number of aromatic nitrogens is 2. The van der Waals surface area contributed by atoms with Gasteiger partial charge < -0.3 is 14.8 Å². The van der Waals surface area contributed by atoms with Gasteiger partial charge in [-0.3, -0.25) is 4.79 Å². The number of pyridine rings is 2. The van der Waals surface area contributed by atoms with Crippen LogP contribution in [0.25, 0.3) is 0 Å². The summed E-state index contributed by atoms with van der Waals surface area (Å²) < 4.78 is 10.7. The maximum Gasteiger partial charge on any atom is 0.416 e. The van der Waals surface area contributed by atoms with E-state index >= 15 is 0 Å². The maximum absolute atomic E-state index is 13.1. The van der Waals surface area contributed by atoms with Gasteiger partial charge in [0.1, 0.15) is 23.3 Å². The van der Waals surface area contributed by atoms with Crippen molar-refractivity contribution in [2.24, 2.45) is 0 Å². The van der Waals surface area contributed by atoms with Crippen LogP contribution in [0, 0.1) is 11.3 Å². The summed E-state index contributed by atoms with van der Waals surface area (Å²) in [4.78, 5) is 35.8. The fourth-order valence-electron chi connectivity index (χ4n) is 3.06. The highest BCUT2D eigenvalue weighted by molar-refractivity contribution is 6.04. The van der Waals surface area contributed by atoms with Gasteiger partial charge in [0.05, 0.1) is 25.3 Å². The van der Waals surface area contributed by atoms with Gasteiger partial charge in [0.15, 0.2) is 0 Å². The lowest BCUT2D eigenvalue weighted by molar-refractivity contribution is -0.117. The summed E-state index contributed by atoms with van der Waals surface area (Å²) in [5.74, 6) is 0.530. The van der Waals surface area contributed by atoms with Crippen LogP contribution in [-0.2, 0) is 22.4 Å². The summed E-state index contributed by atoms with van der Waals surface area (Å²) in [6.07, 6.45) is -0.268. The molecule has 0 saturated carbocycles. The van der Waals surface area contributed by atoms with Crippen molar-refractivity contribution in [2.75, 3.05) is 17.3 Å². The van der Waals surface area contributed by atoms with E-state index in [0.717, 1.165) is 5.56 Å². The molecule has 1 aliphatic heterocycles. The van der Waals surface area contributed by atoms with Gasteiger partial charge >= 0.3 is 6.09 Å². The molecule has 0 bridgehead atoms. The van der Waals surface area contributed by atoms with E-state index in [1.807, 2.05) is 6.07 Å². The van der Waals surface area contributed by atoms with Crippen LogP contribution in [0.5, 0.6) is 5.88 Å². The Morgan fingerprint density at radius 3 is 2.70 bits per heavy atom. The predicted octanol–water partition coefficient (Wildman–Crippen LogP) is 2.86. The molecule has 2 amide bonds. The number of anilines is 2. The van der Waals surface area contributed by atoms with Crippen molar-refractivity contribution in [3.63, 3.8) is 0 Å². The van der Waals surface area contributed by atoms with E-state index in [1.54, 1.807) is 51.1 Å². The van der Waals surface area contributed by atoms with Crippen LogP contribution in [0.3, 0.4) is 0 Å². The molecule has 0 spiro atoms. The Kier molecular flexibility index (Phi) is 5.87. The standard InChI is InChI=1S/C21H23N5O4/c1-21(2,3)30-20(28)26-15(12-13-8-9-17(29-4)25-18(13)26)19(27)24-16-7-5-6-14(23-16)10-11-22/h5-9,15H,10,12H2,1-4H3,(H,23,24,27). The number of amides is 2. The van der Waals surface area contributed by atoms with Gasteiger partial charge in [0, 0.05) is 12.5 Å². The lowest BCUT2D eigenvalue weighted by atomic mass is 10.1. The highest BCUT2D eigenvalue weighted by Crippen LogP contribution is 2.34. The van der Waals surface area contributed by atoms with Crippen LogP contribution in [-0.4, -0.2) is 40.7 Å². The zero-order valence-electron chi connectivity index (χ0n) is 17.3. The third-order valence-corrected chi connectivity index (χ3v) is 4.30. The summed E-state index contributed by atoms with van der Waals surface area (Å²) in [5, 5.41) is 11.6. The van der Waals surface area contributed by atoms with Gasteiger partial charge in [0.2, 0.25) is 11.8 Å². The number of carbonyl (C=O) groups excluding carboxylic acids is 2. The second-order valence-corrected chi connectivity index (χ2v) is 7.74. The third-order valence-electron chi connectivity index (χ3n) is 4.30. The van der Waals surface area contributed by atoms with Crippen LogP contribution in [0.15, 0.2) is 30.3 Å². The van der Waals surface area contributed by atoms with Crippen molar-refractivity contribution >= 4 is 23.6 Å². The first-order valence-corrected chi connectivity index (χ1v) is 9.41. The van der Waals surface area contributed by atoms with Crippen molar-refractivity contribution in [2.45, 2.75) is 45.3 Å². The van der Waals surface area contributed by atoms with E-state index < -0.39 is 23.6 Å². The summed E-state index contributed by atoms with van der Waals surface area (Å²) >= 11 is 0.